The molecule has 1 unspecified atom stereocenters. The standard InChI is InChI=1S/C28H23ClN10O3/c1-3-41-19-10-15(24-21-23(32)17(11-30)25(33)37-26(21)38-28(36-24)34-13-31)6-9-18(19)42-20-12-35-39(27(40)22(20)29)16-7-4-14(2)5-8-16/h4-10,12,24H,3H2,1-2H3,(H6,32,33,34,36,37,38). The van der Waals surface area contributed by atoms with E-state index in [-0.39, 0.29) is 52.0 Å². The third-order valence-corrected chi connectivity index (χ3v) is 6.67. The molecule has 1 aliphatic heterocycles. The van der Waals surface area contributed by atoms with Gasteiger partial charge in [-0.1, -0.05) is 35.4 Å². The minimum Gasteiger partial charge on any atom is -0.490 e. The van der Waals surface area contributed by atoms with E-state index in [9.17, 15) is 10.1 Å². The first kappa shape index (κ1) is 27.8. The quantitative estimate of drug-likeness (QED) is 0.190. The molecule has 14 heteroatoms. The third kappa shape index (κ3) is 5.08. The molecule has 1 atom stereocenters. The predicted octanol–water partition coefficient (Wildman–Crippen LogP) is 3.76. The van der Waals surface area contributed by atoms with Gasteiger partial charge in [0.25, 0.3) is 5.56 Å². The Morgan fingerprint density at radius 2 is 1.90 bits per heavy atom. The van der Waals surface area contributed by atoms with Crippen molar-refractivity contribution in [3.63, 3.8) is 0 Å². The van der Waals surface area contributed by atoms with Crippen LogP contribution in [0, 0.1) is 29.7 Å². The third-order valence-electron chi connectivity index (χ3n) is 6.33. The lowest BCUT2D eigenvalue weighted by Crippen LogP contribution is -2.32. The van der Waals surface area contributed by atoms with Gasteiger partial charge < -0.3 is 26.3 Å². The number of nitrogens with zero attached hydrogens (tertiary/aromatic N) is 6. The van der Waals surface area contributed by atoms with Crippen molar-refractivity contribution in [2.75, 3.05) is 23.4 Å². The molecule has 4 aromatic rings. The molecule has 0 aliphatic carbocycles. The molecule has 1 aliphatic rings. The van der Waals surface area contributed by atoms with E-state index < -0.39 is 11.6 Å². The number of fused-ring (bicyclic) bond motifs is 1. The van der Waals surface area contributed by atoms with Gasteiger partial charge in [0.05, 0.1) is 24.2 Å². The van der Waals surface area contributed by atoms with E-state index in [1.54, 1.807) is 37.3 Å². The zero-order valence-electron chi connectivity index (χ0n) is 22.3. The van der Waals surface area contributed by atoms with Crippen molar-refractivity contribution < 1.29 is 9.47 Å². The van der Waals surface area contributed by atoms with Gasteiger partial charge in [-0.2, -0.15) is 20.3 Å². The number of nitrogens with two attached hydrogens (primary N) is 2. The largest absolute Gasteiger partial charge is 0.490 e. The van der Waals surface area contributed by atoms with Gasteiger partial charge in [-0.15, -0.1) is 0 Å². The first-order chi connectivity index (χ1) is 20.2. The average Bonchev–Trinajstić information content (AvgIpc) is 2.97. The number of nitrogens with one attached hydrogen (secondary N) is 2. The molecule has 0 bridgehead atoms. The summed E-state index contributed by atoms with van der Waals surface area (Å²) in [5.74, 6) is 0.884. The number of ether oxygens (including phenoxy) is 2. The highest BCUT2D eigenvalue weighted by atomic mass is 35.5. The number of benzene rings is 2. The second-order valence-corrected chi connectivity index (χ2v) is 9.40. The van der Waals surface area contributed by atoms with Gasteiger partial charge in [0.2, 0.25) is 5.96 Å². The number of aliphatic imine (C=N–C) groups is 1. The SMILES string of the molecule is CCOc1cc(C2N=C(NC#N)Nc3nc(N)c(C#N)c(N)c32)ccc1Oc1cnn(-c2ccc(C)cc2)c(=O)c1Cl. The first-order valence-electron chi connectivity index (χ1n) is 12.5. The zero-order chi connectivity index (χ0) is 30.0. The second-order valence-electron chi connectivity index (χ2n) is 9.02. The van der Waals surface area contributed by atoms with Gasteiger partial charge >= 0.3 is 0 Å². The van der Waals surface area contributed by atoms with Crippen LogP contribution in [0.25, 0.3) is 5.69 Å². The lowest BCUT2D eigenvalue weighted by Gasteiger charge is -2.26. The Labute approximate surface area is 244 Å². The molecular weight excluding hydrogens is 560 g/mol. The molecule has 0 saturated heterocycles. The lowest BCUT2D eigenvalue weighted by molar-refractivity contribution is 0.320. The number of anilines is 3. The molecule has 2 aromatic carbocycles. The predicted molar refractivity (Wildman–Crippen MR) is 157 cm³/mol. The van der Waals surface area contributed by atoms with Crippen molar-refractivity contribution in [2.45, 2.75) is 19.9 Å². The molecule has 0 fully saturated rings. The fraction of sp³-hybridized carbons (Fsp3) is 0.143. The second kappa shape index (κ2) is 11.4. The van der Waals surface area contributed by atoms with Gasteiger partial charge in [0.15, 0.2) is 28.5 Å². The van der Waals surface area contributed by atoms with Gasteiger partial charge in [-0.25, -0.2) is 9.98 Å². The van der Waals surface area contributed by atoms with Gasteiger partial charge in [0.1, 0.15) is 29.3 Å². The van der Waals surface area contributed by atoms with Crippen molar-refractivity contribution in [1.82, 2.24) is 20.1 Å². The van der Waals surface area contributed by atoms with Crippen LogP contribution in [0.5, 0.6) is 17.2 Å². The number of guanidine groups is 1. The van der Waals surface area contributed by atoms with Crippen molar-refractivity contribution in [2.24, 2.45) is 4.99 Å². The number of aryl methyl sites for hydroxylation is 1. The van der Waals surface area contributed by atoms with Gasteiger partial charge in [0, 0.05) is 5.56 Å². The summed E-state index contributed by atoms with van der Waals surface area (Å²) >= 11 is 6.42. The highest BCUT2D eigenvalue weighted by molar-refractivity contribution is 6.31. The van der Waals surface area contributed by atoms with Crippen molar-refractivity contribution in [3.8, 4) is 35.2 Å². The number of hydrogen-bond donors (Lipinski definition) is 4. The fourth-order valence-corrected chi connectivity index (χ4v) is 4.51. The highest BCUT2D eigenvalue weighted by Gasteiger charge is 2.30. The average molecular weight is 583 g/mol. The first-order valence-corrected chi connectivity index (χ1v) is 12.9. The number of nitrogen functional groups attached to an aromatic ring is 2. The van der Waals surface area contributed by atoms with Crippen molar-refractivity contribution in [1.29, 1.82) is 10.5 Å². The van der Waals surface area contributed by atoms with Crippen LogP contribution in [0.1, 0.15) is 35.2 Å². The van der Waals surface area contributed by atoms with Gasteiger partial charge in [-0.05, 0) is 43.7 Å². The Balaban J connectivity index is 1.55. The molecule has 2 aromatic heterocycles. The van der Waals surface area contributed by atoms with Crippen LogP contribution in [0.2, 0.25) is 5.02 Å². The summed E-state index contributed by atoms with van der Waals surface area (Å²) in [5.41, 5.74) is 14.4. The smallest absolute Gasteiger partial charge is 0.294 e. The van der Waals surface area contributed by atoms with Crippen molar-refractivity contribution in [3.05, 3.63) is 86.3 Å². The summed E-state index contributed by atoms with van der Waals surface area (Å²) in [6.07, 6.45) is 3.16. The van der Waals surface area contributed by atoms with Crippen LogP contribution in [-0.4, -0.2) is 27.3 Å². The number of hydrogen-bond acceptors (Lipinski definition) is 12. The molecule has 0 amide bonds. The van der Waals surface area contributed by atoms with Crippen LogP contribution in [0.15, 0.2) is 58.4 Å². The van der Waals surface area contributed by atoms with E-state index in [0.717, 1.165) is 5.56 Å². The molecular formula is C28H23ClN10O3. The fourth-order valence-electron chi connectivity index (χ4n) is 4.35. The highest BCUT2D eigenvalue weighted by Crippen LogP contribution is 2.43. The Morgan fingerprint density at radius 1 is 1.14 bits per heavy atom. The molecule has 3 heterocycles. The summed E-state index contributed by atoms with van der Waals surface area (Å²) in [6.45, 7) is 4.02. The number of aromatic nitrogens is 3. The number of nitriles is 2. The Morgan fingerprint density at radius 3 is 2.60 bits per heavy atom. The van der Waals surface area contributed by atoms with Crippen LogP contribution in [-0.2, 0) is 0 Å². The minimum absolute atomic E-state index is 0.0138. The van der Waals surface area contributed by atoms with Crippen LogP contribution in [0.4, 0.5) is 17.3 Å². The molecule has 210 valence electrons. The molecule has 0 radical (unpaired) electrons. The number of halogens is 1. The van der Waals surface area contributed by atoms with Crippen LogP contribution < -0.4 is 37.1 Å². The lowest BCUT2D eigenvalue weighted by atomic mass is 9.95. The Kier molecular flexibility index (Phi) is 7.51. The normalized spacial score (nSPS) is 13.5. The molecule has 13 nitrogen and oxygen atoms in total. The number of pyridine rings is 1. The molecule has 0 spiro atoms. The summed E-state index contributed by atoms with van der Waals surface area (Å²) < 4.78 is 13.0. The van der Waals surface area contributed by atoms with E-state index in [4.69, 9.17) is 37.8 Å². The maximum atomic E-state index is 13.0. The molecule has 0 saturated carbocycles. The summed E-state index contributed by atoms with van der Waals surface area (Å²) in [6, 6.07) is 13.4. The topological polar surface area (TPSA) is 202 Å². The monoisotopic (exact) mass is 582 g/mol. The molecule has 5 rings (SSSR count). The van der Waals surface area contributed by atoms with Crippen LogP contribution in [0.3, 0.4) is 0 Å². The number of rotatable bonds is 6. The van der Waals surface area contributed by atoms with E-state index in [1.165, 1.54) is 10.9 Å². The van der Waals surface area contributed by atoms with Crippen molar-refractivity contribution >= 4 is 34.9 Å². The Hall–Kier alpha value is -5.79. The zero-order valence-corrected chi connectivity index (χ0v) is 23.1. The summed E-state index contributed by atoms with van der Waals surface area (Å²) in [7, 11) is 0. The maximum Gasteiger partial charge on any atom is 0.294 e. The van der Waals surface area contributed by atoms with E-state index in [2.05, 4.69) is 25.7 Å². The summed E-state index contributed by atoms with van der Waals surface area (Å²) in [4.78, 5) is 21.8. The minimum atomic E-state index is -0.797. The van der Waals surface area contributed by atoms with E-state index >= 15 is 0 Å². The maximum absolute atomic E-state index is 13.0. The van der Waals surface area contributed by atoms with E-state index in [1.807, 2.05) is 31.3 Å². The van der Waals surface area contributed by atoms with E-state index in [0.29, 0.717) is 22.6 Å². The molecule has 6 N–H and O–H groups in total. The Bertz CT molecular complexity index is 1870. The molecule has 42 heavy (non-hydrogen) atoms. The summed E-state index contributed by atoms with van der Waals surface area (Å²) in [5, 5.41) is 28.1. The van der Waals surface area contributed by atoms with Crippen LogP contribution >= 0.6 is 11.6 Å². The van der Waals surface area contributed by atoms with Gasteiger partial charge in [-0.3, -0.25) is 10.1 Å².